The molecule has 0 aliphatic rings. The van der Waals surface area contributed by atoms with Gasteiger partial charge in [0.05, 0.1) is 11.8 Å². The number of carbonyl (C=O) groups is 1. The highest BCUT2D eigenvalue weighted by Gasteiger charge is 2.15. The van der Waals surface area contributed by atoms with E-state index in [1.165, 1.54) is 0 Å². The Kier molecular flexibility index (Phi) is 5.93. The molecular formula is C20H19N3O3S. The summed E-state index contributed by atoms with van der Waals surface area (Å²) in [4.78, 5) is 31.1. The topological polar surface area (TPSA) is 95.1 Å². The van der Waals surface area contributed by atoms with Gasteiger partial charge in [-0.3, -0.25) is 9.59 Å². The van der Waals surface area contributed by atoms with Crippen LogP contribution in [0, 0.1) is 0 Å². The number of hydrogen-bond acceptors (Lipinski definition) is 5. The maximum absolute atomic E-state index is 12.3. The molecule has 1 amide bonds. The molecule has 2 aromatic carbocycles. The Labute approximate surface area is 160 Å². The van der Waals surface area contributed by atoms with Crippen LogP contribution in [0.2, 0.25) is 0 Å². The normalized spacial score (nSPS) is 11.7. The molecule has 0 aliphatic heterocycles. The smallest absolute Gasteiger partial charge is 0.263 e. The van der Waals surface area contributed by atoms with Gasteiger partial charge in [-0.25, -0.2) is 0 Å². The van der Waals surface area contributed by atoms with Crippen LogP contribution in [-0.4, -0.2) is 26.7 Å². The molecule has 0 unspecified atom stereocenters. The van der Waals surface area contributed by atoms with Gasteiger partial charge in [0.15, 0.2) is 5.16 Å². The Bertz CT molecular complexity index is 975. The lowest BCUT2D eigenvalue weighted by atomic mass is 10.1. The van der Waals surface area contributed by atoms with Crippen LogP contribution in [0.4, 0.5) is 0 Å². The monoisotopic (exact) mass is 381 g/mol. The molecule has 0 saturated heterocycles. The van der Waals surface area contributed by atoms with Crippen LogP contribution < -0.4 is 10.9 Å². The van der Waals surface area contributed by atoms with Crippen LogP contribution in [-0.2, 0) is 4.79 Å². The summed E-state index contributed by atoms with van der Waals surface area (Å²) in [7, 11) is 0. The summed E-state index contributed by atoms with van der Waals surface area (Å²) in [5.41, 5.74) is 1.25. The fourth-order valence-corrected chi connectivity index (χ4v) is 3.28. The lowest BCUT2D eigenvalue weighted by molar-refractivity contribution is -0.119. The number of aromatic nitrogens is 2. The van der Waals surface area contributed by atoms with Crippen molar-refractivity contribution in [3.63, 3.8) is 0 Å². The SMILES string of the molecule is C[C@H](NC(=O)CSc1nc(O)c(-c2ccccc2)c(=O)[nH]1)c1ccccc1. The average molecular weight is 381 g/mol. The molecule has 3 aromatic rings. The first-order chi connectivity index (χ1) is 13.0. The maximum atomic E-state index is 12.3. The Morgan fingerprint density at radius 1 is 1.15 bits per heavy atom. The van der Waals surface area contributed by atoms with E-state index in [-0.39, 0.29) is 34.3 Å². The molecule has 27 heavy (non-hydrogen) atoms. The third kappa shape index (κ3) is 4.77. The van der Waals surface area contributed by atoms with Crippen molar-refractivity contribution in [3.05, 3.63) is 76.6 Å². The van der Waals surface area contributed by atoms with Crippen molar-refractivity contribution >= 4 is 17.7 Å². The second kappa shape index (κ2) is 8.55. The van der Waals surface area contributed by atoms with Crippen LogP contribution in [0.1, 0.15) is 18.5 Å². The summed E-state index contributed by atoms with van der Waals surface area (Å²) >= 11 is 1.06. The summed E-state index contributed by atoms with van der Waals surface area (Å²) in [5.74, 6) is -0.472. The molecule has 0 saturated carbocycles. The minimum atomic E-state index is -0.450. The quantitative estimate of drug-likeness (QED) is 0.450. The van der Waals surface area contributed by atoms with Crippen LogP contribution in [0.5, 0.6) is 5.88 Å². The summed E-state index contributed by atoms with van der Waals surface area (Å²) in [5, 5.41) is 13.2. The van der Waals surface area contributed by atoms with E-state index in [0.717, 1.165) is 17.3 Å². The van der Waals surface area contributed by atoms with Crippen molar-refractivity contribution in [1.29, 1.82) is 0 Å². The average Bonchev–Trinajstić information content (AvgIpc) is 2.67. The lowest BCUT2D eigenvalue weighted by Crippen LogP contribution is -2.28. The predicted octanol–water partition coefficient (Wildman–Crippen LogP) is 3.11. The van der Waals surface area contributed by atoms with E-state index >= 15 is 0 Å². The number of thioether (sulfide) groups is 1. The molecule has 0 spiro atoms. The molecule has 3 rings (SSSR count). The zero-order valence-electron chi connectivity index (χ0n) is 14.7. The van der Waals surface area contributed by atoms with Gasteiger partial charge in [0, 0.05) is 0 Å². The van der Waals surface area contributed by atoms with Gasteiger partial charge in [0.2, 0.25) is 11.8 Å². The molecule has 0 radical (unpaired) electrons. The number of aromatic amines is 1. The van der Waals surface area contributed by atoms with Crippen LogP contribution in [0.25, 0.3) is 11.1 Å². The number of rotatable bonds is 6. The van der Waals surface area contributed by atoms with Gasteiger partial charge in [-0.05, 0) is 18.1 Å². The molecule has 0 bridgehead atoms. The van der Waals surface area contributed by atoms with E-state index in [0.29, 0.717) is 5.56 Å². The molecule has 6 nitrogen and oxygen atoms in total. The largest absolute Gasteiger partial charge is 0.493 e. The van der Waals surface area contributed by atoms with Gasteiger partial charge in [0.1, 0.15) is 5.56 Å². The zero-order chi connectivity index (χ0) is 19.2. The number of carbonyl (C=O) groups excluding carboxylic acids is 1. The first kappa shape index (κ1) is 18.7. The third-order valence-corrected chi connectivity index (χ3v) is 4.83. The number of hydrogen-bond donors (Lipinski definition) is 3. The fraction of sp³-hybridized carbons (Fsp3) is 0.150. The van der Waals surface area contributed by atoms with Crippen molar-refractivity contribution in [1.82, 2.24) is 15.3 Å². The van der Waals surface area contributed by atoms with Crippen LogP contribution >= 0.6 is 11.8 Å². The van der Waals surface area contributed by atoms with Crippen molar-refractivity contribution < 1.29 is 9.90 Å². The molecule has 3 N–H and O–H groups in total. The second-order valence-electron chi connectivity index (χ2n) is 5.92. The lowest BCUT2D eigenvalue weighted by Gasteiger charge is -2.14. The minimum absolute atomic E-state index is 0.0736. The standard InChI is InChI=1S/C20H19N3O3S/c1-13(14-8-4-2-5-9-14)21-16(24)12-27-20-22-18(25)17(19(26)23-20)15-10-6-3-7-11-15/h2-11,13H,12H2,1H3,(H,21,24)(H2,22,23,25,26)/t13-/m0/s1. The Morgan fingerprint density at radius 2 is 1.78 bits per heavy atom. The highest BCUT2D eigenvalue weighted by Crippen LogP contribution is 2.25. The molecule has 138 valence electrons. The molecule has 0 fully saturated rings. The molecule has 1 heterocycles. The molecule has 0 aliphatic carbocycles. The second-order valence-corrected chi connectivity index (χ2v) is 6.89. The Balaban J connectivity index is 1.65. The number of amides is 1. The number of H-pyrrole nitrogens is 1. The van der Waals surface area contributed by atoms with Gasteiger partial charge >= 0.3 is 0 Å². The molecule has 1 atom stereocenters. The van der Waals surface area contributed by atoms with Crippen molar-refractivity contribution in [2.45, 2.75) is 18.1 Å². The van der Waals surface area contributed by atoms with E-state index in [9.17, 15) is 14.7 Å². The van der Waals surface area contributed by atoms with E-state index in [1.807, 2.05) is 43.3 Å². The molecular weight excluding hydrogens is 362 g/mol. The highest BCUT2D eigenvalue weighted by atomic mass is 32.2. The van der Waals surface area contributed by atoms with Crippen molar-refractivity contribution in [2.24, 2.45) is 0 Å². The summed E-state index contributed by atoms with van der Waals surface area (Å²) < 4.78 is 0. The first-order valence-corrected chi connectivity index (χ1v) is 9.39. The number of nitrogens with one attached hydrogen (secondary N) is 2. The Morgan fingerprint density at radius 3 is 2.41 bits per heavy atom. The summed E-state index contributed by atoms with van der Waals surface area (Å²) in [6.45, 7) is 1.90. The van der Waals surface area contributed by atoms with E-state index in [1.54, 1.807) is 24.3 Å². The first-order valence-electron chi connectivity index (χ1n) is 8.40. The molecule has 7 heteroatoms. The zero-order valence-corrected chi connectivity index (χ0v) is 15.5. The minimum Gasteiger partial charge on any atom is -0.493 e. The third-order valence-electron chi connectivity index (χ3n) is 3.96. The molecule has 1 aromatic heterocycles. The highest BCUT2D eigenvalue weighted by molar-refractivity contribution is 7.99. The number of benzene rings is 2. The van der Waals surface area contributed by atoms with Gasteiger partial charge in [0.25, 0.3) is 5.56 Å². The Hall–Kier alpha value is -3.06. The maximum Gasteiger partial charge on any atom is 0.263 e. The van der Waals surface area contributed by atoms with Gasteiger partial charge in [-0.1, -0.05) is 72.4 Å². The van der Waals surface area contributed by atoms with Gasteiger partial charge in [-0.15, -0.1) is 0 Å². The van der Waals surface area contributed by atoms with E-state index in [2.05, 4.69) is 15.3 Å². The number of nitrogens with zero attached hydrogens (tertiary/aromatic N) is 1. The number of aromatic hydroxyl groups is 1. The van der Waals surface area contributed by atoms with Crippen molar-refractivity contribution in [3.8, 4) is 17.0 Å². The predicted molar refractivity (Wildman–Crippen MR) is 106 cm³/mol. The van der Waals surface area contributed by atoms with Gasteiger partial charge in [-0.2, -0.15) is 4.98 Å². The summed E-state index contributed by atoms with van der Waals surface area (Å²) in [6, 6.07) is 18.3. The van der Waals surface area contributed by atoms with Crippen molar-refractivity contribution in [2.75, 3.05) is 5.75 Å². The van der Waals surface area contributed by atoms with E-state index in [4.69, 9.17) is 0 Å². The van der Waals surface area contributed by atoms with E-state index < -0.39 is 5.56 Å². The fourth-order valence-electron chi connectivity index (χ4n) is 2.62. The summed E-state index contributed by atoms with van der Waals surface area (Å²) in [6.07, 6.45) is 0. The van der Waals surface area contributed by atoms with Crippen LogP contribution in [0.3, 0.4) is 0 Å². The van der Waals surface area contributed by atoms with Crippen LogP contribution in [0.15, 0.2) is 70.6 Å². The van der Waals surface area contributed by atoms with Gasteiger partial charge < -0.3 is 15.4 Å².